The van der Waals surface area contributed by atoms with Gasteiger partial charge in [0.25, 0.3) is 0 Å². The summed E-state index contributed by atoms with van der Waals surface area (Å²) in [5.74, 6) is -1.79. The summed E-state index contributed by atoms with van der Waals surface area (Å²) in [5, 5.41) is 5.74. The molecule has 3 heterocycles. The highest BCUT2D eigenvalue weighted by Gasteiger charge is 2.50. The predicted molar refractivity (Wildman–Crippen MR) is 184 cm³/mol. The number of hydrogen-bond acceptors (Lipinski definition) is 8. The van der Waals surface area contributed by atoms with Gasteiger partial charge in [-0.1, -0.05) is 60.7 Å². The SMILES string of the molecule is CC1CC(NC(=O)C(Cc2ccccc2)NC(=O)C(N)Cc2ccccc2)C(=O)N1C(CCCCN)C(=O)N1CC2CC1CN2CC(N)=O. The van der Waals surface area contributed by atoms with E-state index in [0.29, 0.717) is 51.7 Å². The van der Waals surface area contributed by atoms with Crippen molar-refractivity contribution >= 4 is 29.5 Å². The summed E-state index contributed by atoms with van der Waals surface area (Å²) in [5.41, 5.74) is 19.2. The summed E-state index contributed by atoms with van der Waals surface area (Å²) in [6.45, 7) is 3.58. The fraction of sp³-hybridized carbons (Fsp3) is 0.528. The van der Waals surface area contributed by atoms with Gasteiger partial charge in [0.2, 0.25) is 29.5 Å². The zero-order valence-corrected chi connectivity index (χ0v) is 28.2. The average molecular weight is 675 g/mol. The van der Waals surface area contributed by atoms with Crippen LogP contribution in [-0.4, -0.2) is 113 Å². The van der Waals surface area contributed by atoms with Crippen LogP contribution < -0.4 is 27.8 Å². The molecule has 2 bridgehead atoms. The van der Waals surface area contributed by atoms with E-state index < -0.39 is 41.9 Å². The Hall–Kier alpha value is -4.33. The molecule has 7 unspecified atom stereocenters. The average Bonchev–Trinajstić information content (AvgIpc) is 3.75. The standard InChI is InChI=1S/C36H50N8O5/c1-23-16-30(35(48)44(23)31(14-8-9-15-37)36(49)43-21-26-19-27(43)20-42(26)22-32(39)45)41-34(47)29(18-25-12-6-3-7-13-25)40-33(46)28(38)17-24-10-4-2-5-11-24/h2-7,10-13,23,26-31H,8-9,14-22,37-38H2,1H3,(H2,39,45)(H,40,46)(H,41,47). The molecule has 0 aromatic heterocycles. The van der Waals surface area contributed by atoms with Crippen LogP contribution >= 0.6 is 0 Å². The van der Waals surface area contributed by atoms with E-state index in [1.165, 1.54) is 0 Å². The van der Waals surface area contributed by atoms with Crippen molar-refractivity contribution in [2.24, 2.45) is 17.2 Å². The Morgan fingerprint density at radius 2 is 1.53 bits per heavy atom. The molecule has 5 amide bonds. The van der Waals surface area contributed by atoms with E-state index in [9.17, 15) is 24.0 Å². The highest BCUT2D eigenvalue weighted by atomic mass is 16.2. The Labute approximate surface area is 287 Å². The van der Waals surface area contributed by atoms with Gasteiger partial charge in [0.15, 0.2) is 0 Å². The van der Waals surface area contributed by atoms with Gasteiger partial charge in [-0.3, -0.25) is 28.9 Å². The lowest BCUT2D eigenvalue weighted by atomic mass is 10.0. The zero-order valence-electron chi connectivity index (χ0n) is 28.2. The maximum atomic E-state index is 14.1. The fourth-order valence-corrected chi connectivity index (χ4v) is 7.57. The summed E-state index contributed by atoms with van der Waals surface area (Å²) in [6, 6.07) is 15.0. The Kier molecular flexibility index (Phi) is 12.0. The molecule has 0 aliphatic carbocycles. The molecule has 3 aliphatic rings. The molecule has 13 heteroatoms. The molecule has 2 aromatic rings. The molecule has 0 radical (unpaired) electrons. The molecule has 7 atom stereocenters. The molecule has 3 saturated heterocycles. The first-order chi connectivity index (χ1) is 23.5. The molecule has 49 heavy (non-hydrogen) atoms. The first-order valence-corrected chi connectivity index (χ1v) is 17.3. The van der Waals surface area contributed by atoms with Gasteiger partial charge < -0.3 is 37.6 Å². The molecule has 2 aromatic carbocycles. The molecular formula is C36H50N8O5. The normalized spacial score (nSPS) is 23.7. The van der Waals surface area contributed by atoms with Crippen molar-refractivity contribution in [1.29, 1.82) is 0 Å². The highest BCUT2D eigenvalue weighted by Crippen LogP contribution is 2.33. The molecule has 0 spiro atoms. The van der Waals surface area contributed by atoms with Crippen LogP contribution in [0, 0.1) is 0 Å². The first kappa shape index (κ1) is 36.0. The van der Waals surface area contributed by atoms with Crippen LogP contribution in [0.4, 0.5) is 0 Å². The van der Waals surface area contributed by atoms with Crippen molar-refractivity contribution in [3.63, 3.8) is 0 Å². The number of fused-ring (bicyclic) bond motifs is 2. The number of carbonyl (C=O) groups excluding carboxylic acids is 5. The van der Waals surface area contributed by atoms with Crippen molar-refractivity contribution in [2.45, 2.75) is 94.2 Å². The molecule has 3 aliphatic heterocycles. The van der Waals surface area contributed by atoms with Crippen LogP contribution in [0.15, 0.2) is 60.7 Å². The number of benzene rings is 2. The zero-order chi connectivity index (χ0) is 35.1. The number of rotatable bonds is 16. The number of nitrogens with two attached hydrogens (primary N) is 3. The van der Waals surface area contributed by atoms with Crippen LogP contribution in [0.3, 0.4) is 0 Å². The van der Waals surface area contributed by atoms with Crippen molar-refractivity contribution in [3.05, 3.63) is 71.8 Å². The van der Waals surface area contributed by atoms with E-state index >= 15 is 0 Å². The van der Waals surface area contributed by atoms with E-state index in [2.05, 4.69) is 10.6 Å². The largest absolute Gasteiger partial charge is 0.369 e. The third kappa shape index (κ3) is 8.83. The van der Waals surface area contributed by atoms with Gasteiger partial charge >= 0.3 is 0 Å². The van der Waals surface area contributed by atoms with Gasteiger partial charge in [0.05, 0.1) is 12.6 Å². The summed E-state index contributed by atoms with van der Waals surface area (Å²) < 4.78 is 0. The summed E-state index contributed by atoms with van der Waals surface area (Å²) in [6.07, 6.45) is 3.44. The van der Waals surface area contributed by atoms with E-state index in [-0.39, 0.29) is 42.9 Å². The smallest absolute Gasteiger partial charge is 0.246 e. The number of likely N-dealkylation sites (tertiary alicyclic amines) is 3. The molecule has 8 N–H and O–H groups in total. The minimum absolute atomic E-state index is 0.0482. The third-order valence-corrected chi connectivity index (χ3v) is 10.0. The quantitative estimate of drug-likeness (QED) is 0.149. The lowest BCUT2D eigenvalue weighted by Crippen LogP contribution is -2.58. The summed E-state index contributed by atoms with van der Waals surface area (Å²) in [7, 11) is 0. The molecule has 264 valence electrons. The number of amides is 5. The van der Waals surface area contributed by atoms with Gasteiger partial charge in [-0.25, -0.2) is 0 Å². The van der Waals surface area contributed by atoms with Gasteiger partial charge in [0, 0.05) is 37.6 Å². The number of nitrogens with one attached hydrogen (secondary N) is 2. The van der Waals surface area contributed by atoms with Crippen LogP contribution in [-0.2, 0) is 36.8 Å². The topological polar surface area (TPSA) is 197 Å². The first-order valence-electron chi connectivity index (χ1n) is 17.3. The highest BCUT2D eigenvalue weighted by molar-refractivity contribution is 5.96. The molecule has 0 saturated carbocycles. The minimum Gasteiger partial charge on any atom is -0.369 e. The number of unbranched alkanes of at least 4 members (excludes halogenated alkanes) is 1. The van der Waals surface area contributed by atoms with Crippen LogP contribution in [0.5, 0.6) is 0 Å². The molecule has 3 fully saturated rings. The molecule has 13 nitrogen and oxygen atoms in total. The number of piperazine rings is 1. The van der Waals surface area contributed by atoms with E-state index in [1.807, 2.05) is 77.4 Å². The number of primary amides is 1. The molecule has 5 rings (SSSR count). The number of carbonyl (C=O) groups is 5. The Bertz CT molecular complexity index is 1480. The second-order valence-corrected chi connectivity index (χ2v) is 13.7. The molecular weight excluding hydrogens is 624 g/mol. The summed E-state index contributed by atoms with van der Waals surface area (Å²) >= 11 is 0. The number of hydrogen-bond donors (Lipinski definition) is 5. The van der Waals surface area contributed by atoms with Crippen LogP contribution in [0.25, 0.3) is 0 Å². The van der Waals surface area contributed by atoms with Gasteiger partial charge in [-0.2, -0.15) is 0 Å². The summed E-state index contributed by atoms with van der Waals surface area (Å²) in [4.78, 5) is 72.3. The third-order valence-electron chi connectivity index (χ3n) is 10.0. The van der Waals surface area contributed by atoms with E-state index in [1.54, 1.807) is 4.90 Å². The second-order valence-electron chi connectivity index (χ2n) is 13.7. The van der Waals surface area contributed by atoms with Crippen LogP contribution in [0.2, 0.25) is 0 Å². The Morgan fingerprint density at radius 3 is 2.12 bits per heavy atom. The van der Waals surface area contributed by atoms with Gasteiger partial charge in [-0.05, 0) is 63.1 Å². The Morgan fingerprint density at radius 1 is 0.878 bits per heavy atom. The van der Waals surface area contributed by atoms with Crippen molar-refractivity contribution in [3.8, 4) is 0 Å². The minimum atomic E-state index is -0.973. The van der Waals surface area contributed by atoms with Gasteiger partial charge in [0.1, 0.15) is 18.1 Å². The maximum Gasteiger partial charge on any atom is 0.246 e. The van der Waals surface area contributed by atoms with Gasteiger partial charge in [-0.15, -0.1) is 0 Å². The van der Waals surface area contributed by atoms with Crippen molar-refractivity contribution < 1.29 is 24.0 Å². The van der Waals surface area contributed by atoms with Crippen molar-refractivity contribution in [2.75, 3.05) is 26.2 Å². The van der Waals surface area contributed by atoms with E-state index in [4.69, 9.17) is 17.2 Å². The predicted octanol–water partition coefficient (Wildman–Crippen LogP) is -0.342. The lowest BCUT2D eigenvalue weighted by molar-refractivity contribution is -0.147. The lowest BCUT2D eigenvalue weighted by Gasteiger charge is -2.39. The fourth-order valence-electron chi connectivity index (χ4n) is 7.57. The monoisotopic (exact) mass is 674 g/mol. The van der Waals surface area contributed by atoms with Crippen LogP contribution in [0.1, 0.15) is 50.2 Å². The number of nitrogens with zero attached hydrogens (tertiary/aromatic N) is 3. The van der Waals surface area contributed by atoms with E-state index in [0.717, 1.165) is 17.5 Å². The Balaban J connectivity index is 1.27. The van der Waals surface area contributed by atoms with Crippen molar-refractivity contribution in [1.82, 2.24) is 25.3 Å². The second kappa shape index (κ2) is 16.4. The maximum absolute atomic E-state index is 14.1.